The zero-order valence-electron chi connectivity index (χ0n) is 12.7. The van der Waals surface area contributed by atoms with E-state index in [1.54, 1.807) is 18.2 Å². The number of aliphatic imine (C=N–C) groups is 1. The molecular weight excluding hydrogens is 310 g/mol. The summed E-state index contributed by atoms with van der Waals surface area (Å²) in [5, 5.41) is 10.7. The van der Waals surface area contributed by atoms with Gasteiger partial charge >= 0.3 is 0 Å². The van der Waals surface area contributed by atoms with Crippen LogP contribution in [-0.4, -0.2) is 29.1 Å². The topological polar surface area (TPSA) is 53.1 Å². The summed E-state index contributed by atoms with van der Waals surface area (Å²) in [6.45, 7) is 1.45. The summed E-state index contributed by atoms with van der Waals surface area (Å²) >= 11 is 0. The third-order valence-corrected chi connectivity index (χ3v) is 3.91. The minimum Gasteiger partial charge on any atom is -0.368 e. The molecule has 120 valence electrons. The van der Waals surface area contributed by atoms with E-state index in [4.69, 9.17) is 0 Å². The molecule has 24 heavy (non-hydrogen) atoms. The number of nitrogens with one attached hydrogen (secondary N) is 2. The molecule has 3 aromatic rings. The maximum atomic E-state index is 14.3. The van der Waals surface area contributed by atoms with Crippen molar-refractivity contribution in [2.45, 2.75) is 0 Å². The van der Waals surface area contributed by atoms with E-state index < -0.39 is 0 Å². The Kier molecular flexibility index (Phi) is 3.57. The molecule has 0 amide bonds. The van der Waals surface area contributed by atoms with E-state index in [1.807, 2.05) is 12.1 Å². The SMILES string of the molecule is Fc1ccc(C=Cc2n[nH]c3c(F)cc(C4=NCCN4)cc23)cc1. The third kappa shape index (κ3) is 2.67. The number of amidine groups is 1. The number of benzene rings is 2. The fraction of sp³-hybridized carbons (Fsp3) is 0.111. The van der Waals surface area contributed by atoms with Gasteiger partial charge in [-0.2, -0.15) is 5.10 Å². The number of hydrogen-bond donors (Lipinski definition) is 2. The summed E-state index contributed by atoms with van der Waals surface area (Å²) < 4.78 is 27.2. The lowest BCUT2D eigenvalue weighted by Gasteiger charge is -2.03. The van der Waals surface area contributed by atoms with E-state index in [9.17, 15) is 8.78 Å². The van der Waals surface area contributed by atoms with Gasteiger partial charge in [-0.05, 0) is 35.9 Å². The Hall–Kier alpha value is -3.02. The molecule has 0 atom stereocenters. The molecule has 0 saturated carbocycles. The molecule has 2 heterocycles. The Morgan fingerprint density at radius 2 is 1.88 bits per heavy atom. The molecule has 1 aliphatic rings. The van der Waals surface area contributed by atoms with Gasteiger partial charge in [0.25, 0.3) is 0 Å². The average molecular weight is 324 g/mol. The van der Waals surface area contributed by atoms with E-state index in [2.05, 4.69) is 20.5 Å². The van der Waals surface area contributed by atoms with Crippen molar-refractivity contribution >= 4 is 28.9 Å². The summed E-state index contributed by atoms with van der Waals surface area (Å²) in [5.41, 5.74) is 2.52. The first-order chi connectivity index (χ1) is 11.7. The molecule has 0 saturated heterocycles. The van der Waals surface area contributed by atoms with Crippen LogP contribution in [0.15, 0.2) is 41.4 Å². The van der Waals surface area contributed by atoms with Crippen LogP contribution < -0.4 is 5.32 Å². The zero-order chi connectivity index (χ0) is 16.5. The molecule has 4 rings (SSSR count). The highest BCUT2D eigenvalue weighted by Crippen LogP contribution is 2.23. The second-order valence-corrected chi connectivity index (χ2v) is 5.53. The van der Waals surface area contributed by atoms with Crippen molar-refractivity contribution in [3.05, 3.63) is 64.9 Å². The average Bonchev–Trinajstić information content (AvgIpc) is 3.24. The van der Waals surface area contributed by atoms with Gasteiger partial charge in [0.15, 0.2) is 0 Å². The predicted octanol–water partition coefficient (Wildman–Crippen LogP) is 3.36. The smallest absolute Gasteiger partial charge is 0.149 e. The van der Waals surface area contributed by atoms with Crippen LogP contribution in [0.2, 0.25) is 0 Å². The first kappa shape index (κ1) is 14.6. The highest BCUT2D eigenvalue weighted by atomic mass is 19.1. The largest absolute Gasteiger partial charge is 0.368 e. The van der Waals surface area contributed by atoms with Gasteiger partial charge < -0.3 is 5.32 Å². The minimum atomic E-state index is -0.368. The number of hydrogen-bond acceptors (Lipinski definition) is 3. The number of halogens is 2. The third-order valence-electron chi connectivity index (χ3n) is 3.91. The van der Waals surface area contributed by atoms with Crippen molar-refractivity contribution < 1.29 is 8.78 Å². The van der Waals surface area contributed by atoms with E-state index >= 15 is 0 Å². The van der Waals surface area contributed by atoms with Crippen LogP contribution in [0.25, 0.3) is 23.1 Å². The number of H-pyrrole nitrogens is 1. The Balaban J connectivity index is 1.74. The Bertz CT molecular complexity index is 955. The van der Waals surface area contributed by atoms with Gasteiger partial charge in [-0.3, -0.25) is 10.1 Å². The molecule has 1 aromatic heterocycles. The van der Waals surface area contributed by atoms with Crippen LogP contribution in [0, 0.1) is 11.6 Å². The molecule has 0 aliphatic carbocycles. The Morgan fingerprint density at radius 1 is 1.04 bits per heavy atom. The fourth-order valence-electron chi connectivity index (χ4n) is 2.70. The molecule has 0 bridgehead atoms. The molecule has 0 spiro atoms. The van der Waals surface area contributed by atoms with E-state index in [1.165, 1.54) is 18.2 Å². The van der Waals surface area contributed by atoms with Gasteiger partial charge in [-0.25, -0.2) is 8.78 Å². The van der Waals surface area contributed by atoms with Crippen LogP contribution in [0.1, 0.15) is 16.8 Å². The number of fused-ring (bicyclic) bond motifs is 1. The second-order valence-electron chi connectivity index (χ2n) is 5.53. The lowest BCUT2D eigenvalue weighted by Crippen LogP contribution is -2.19. The molecular formula is C18H14F2N4. The molecule has 2 N–H and O–H groups in total. The second kappa shape index (κ2) is 5.88. The van der Waals surface area contributed by atoms with Gasteiger partial charge in [-0.15, -0.1) is 0 Å². The minimum absolute atomic E-state index is 0.283. The first-order valence-corrected chi connectivity index (χ1v) is 7.61. The van der Waals surface area contributed by atoms with Crippen molar-refractivity contribution in [3.63, 3.8) is 0 Å². The zero-order valence-corrected chi connectivity index (χ0v) is 12.7. The number of nitrogens with zero attached hydrogens (tertiary/aromatic N) is 2. The predicted molar refractivity (Wildman–Crippen MR) is 90.8 cm³/mol. The van der Waals surface area contributed by atoms with Gasteiger partial charge in [0.1, 0.15) is 23.0 Å². The molecule has 6 heteroatoms. The number of rotatable bonds is 3. The fourth-order valence-corrected chi connectivity index (χ4v) is 2.70. The van der Waals surface area contributed by atoms with Crippen LogP contribution in [-0.2, 0) is 0 Å². The summed E-state index contributed by atoms with van der Waals surface area (Å²) in [7, 11) is 0. The molecule has 2 aromatic carbocycles. The molecule has 1 aliphatic heterocycles. The van der Waals surface area contributed by atoms with Gasteiger partial charge in [0.05, 0.1) is 12.2 Å². The summed E-state index contributed by atoms with van der Waals surface area (Å²) in [6.07, 6.45) is 3.59. The van der Waals surface area contributed by atoms with E-state index in [-0.39, 0.29) is 11.6 Å². The van der Waals surface area contributed by atoms with Crippen LogP contribution >= 0.6 is 0 Å². The summed E-state index contributed by atoms with van der Waals surface area (Å²) in [4.78, 5) is 4.32. The lowest BCUT2D eigenvalue weighted by atomic mass is 10.1. The highest BCUT2D eigenvalue weighted by Gasteiger charge is 2.14. The Morgan fingerprint density at radius 3 is 2.62 bits per heavy atom. The summed E-state index contributed by atoms with van der Waals surface area (Å²) in [5.74, 6) is 0.0483. The molecule has 0 unspecified atom stereocenters. The lowest BCUT2D eigenvalue weighted by molar-refractivity contribution is 0.627. The van der Waals surface area contributed by atoms with E-state index in [0.717, 1.165) is 12.1 Å². The maximum Gasteiger partial charge on any atom is 0.149 e. The van der Waals surface area contributed by atoms with Crippen molar-refractivity contribution in [3.8, 4) is 0 Å². The number of aromatic amines is 1. The highest BCUT2D eigenvalue weighted by molar-refractivity contribution is 6.03. The van der Waals surface area contributed by atoms with Crippen molar-refractivity contribution in [1.29, 1.82) is 0 Å². The van der Waals surface area contributed by atoms with E-state index in [0.29, 0.717) is 34.5 Å². The van der Waals surface area contributed by atoms with Gasteiger partial charge in [-0.1, -0.05) is 18.2 Å². The van der Waals surface area contributed by atoms with Crippen LogP contribution in [0.5, 0.6) is 0 Å². The van der Waals surface area contributed by atoms with Crippen molar-refractivity contribution in [1.82, 2.24) is 15.5 Å². The van der Waals surface area contributed by atoms with Crippen molar-refractivity contribution in [2.24, 2.45) is 4.99 Å². The maximum absolute atomic E-state index is 14.3. The summed E-state index contributed by atoms with van der Waals surface area (Å²) in [6, 6.07) is 9.44. The normalized spacial score (nSPS) is 14.3. The standard InChI is InChI=1S/C18H14F2N4/c19-13-4-1-11(2-5-13)3-6-16-14-9-12(18-21-7-8-22-18)10-15(20)17(14)24-23-16/h1-6,9-10H,7-8H2,(H,21,22)(H,23,24). The quantitative estimate of drug-likeness (QED) is 0.776. The molecule has 4 nitrogen and oxygen atoms in total. The van der Waals surface area contributed by atoms with Crippen molar-refractivity contribution in [2.75, 3.05) is 13.1 Å². The van der Waals surface area contributed by atoms with Gasteiger partial charge in [0, 0.05) is 17.5 Å². The molecule has 0 radical (unpaired) electrons. The van der Waals surface area contributed by atoms with Crippen LogP contribution in [0.3, 0.4) is 0 Å². The molecule has 0 fully saturated rings. The number of aromatic nitrogens is 2. The van der Waals surface area contributed by atoms with Crippen LogP contribution in [0.4, 0.5) is 8.78 Å². The van der Waals surface area contributed by atoms with Gasteiger partial charge in [0.2, 0.25) is 0 Å². The monoisotopic (exact) mass is 324 g/mol. The first-order valence-electron chi connectivity index (χ1n) is 7.61. The Labute approximate surface area is 136 Å².